The fourth-order valence-electron chi connectivity index (χ4n) is 1.84. The van der Waals surface area contributed by atoms with Gasteiger partial charge in [0, 0.05) is 5.69 Å². The Morgan fingerprint density at radius 2 is 1.79 bits per heavy atom. The van der Waals surface area contributed by atoms with Gasteiger partial charge in [-0.1, -0.05) is 0 Å². The Hall–Kier alpha value is -3.03. The van der Waals surface area contributed by atoms with Crippen LogP contribution in [0.25, 0.3) is 0 Å². The molecule has 0 aliphatic heterocycles. The van der Waals surface area contributed by atoms with Crippen LogP contribution in [0.1, 0.15) is 13.8 Å². The third-order valence-electron chi connectivity index (χ3n) is 2.88. The van der Waals surface area contributed by atoms with Gasteiger partial charge in [0.05, 0.1) is 26.5 Å². The summed E-state index contributed by atoms with van der Waals surface area (Å²) in [6.07, 6.45) is 1.44. The van der Waals surface area contributed by atoms with E-state index in [1.165, 1.54) is 6.20 Å². The van der Waals surface area contributed by atoms with Crippen molar-refractivity contribution in [2.24, 2.45) is 0 Å². The number of nitrogens with one attached hydrogen (secondary N) is 2. The number of benzene rings is 1. The summed E-state index contributed by atoms with van der Waals surface area (Å²) in [5.74, 6) is 0.959. The first-order chi connectivity index (χ1) is 11.7. The number of hydrogen-bond acceptors (Lipinski definition) is 6. The van der Waals surface area contributed by atoms with Crippen LogP contribution in [0.5, 0.6) is 17.6 Å². The molecule has 8 nitrogen and oxygen atoms in total. The van der Waals surface area contributed by atoms with Gasteiger partial charge in [-0.15, -0.1) is 0 Å². The Morgan fingerprint density at radius 1 is 1.08 bits per heavy atom. The third kappa shape index (κ3) is 4.73. The summed E-state index contributed by atoms with van der Waals surface area (Å²) in [5, 5.41) is 5.36. The minimum Gasteiger partial charge on any atom is -0.497 e. The zero-order chi connectivity index (χ0) is 17.4. The summed E-state index contributed by atoms with van der Waals surface area (Å²) in [5.41, 5.74) is 0.976. The molecular formula is C16H20N4O4. The summed E-state index contributed by atoms with van der Waals surface area (Å²) < 4.78 is 15.7. The van der Waals surface area contributed by atoms with Crippen molar-refractivity contribution in [3.63, 3.8) is 0 Å². The second-order valence-electron chi connectivity index (χ2n) is 4.55. The van der Waals surface area contributed by atoms with E-state index in [1.807, 2.05) is 13.8 Å². The number of nitrogens with zero attached hydrogens (tertiary/aromatic N) is 2. The predicted molar refractivity (Wildman–Crippen MR) is 90.0 cm³/mol. The highest BCUT2D eigenvalue weighted by Crippen LogP contribution is 2.23. The average Bonchev–Trinajstić information content (AvgIpc) is 2.58. The zero-order valence-electron chi connectivity index (χ0n) is 13.8. The standard InChI is InChI=1S/C16H20N4O4/c1-4-23-14-13(10-17-16(20-14)24-5-2)19-15(21)18-11-6-8-12(22-3)9-7-11/h6-10H,4-5H2,1-3H3,(H2,18,19,21). The van der Waals surface area contributed by atoms with E-state index >= 15 is 0 Å². The van der Waals surface area contributed by atoms with Gasteiger partial charge in [0.1, 0.15) is 11.4 Å². The van der Waals surface area contributed by atoms with Crippen molar-refractivity contribution in [1.29, 1.82) is 0 Å². The number of urea groups is 1. The Bertz CT molecular complexity index is 676. The SMILES string of the molecule is CCOc1ncc(NC(=O)Nc2ccc(OC)cc2)c(OCC)n1. The lowest BCUT2D eigenvalue weighted by Gasteiger charge is -2.12. The van der Waals surface area contributed by atoms with E-state index < -0.39 is 6.03 Å². The number of anilines is 2. The van der Waals surface area contributed by atoms with Crippen molar-refractivity contribution in [3.8, 4) is 17.6 Å². The quantitative estimate of drug-likeness (QED) is 0.809. The first-order valence-electron chi connectivity index (χ1n) is 7.51. The molecule has 2 rings (SSSR count). The number of methoxy groups -OCH3 is 1. The van der Waals surface area contributed by atoms with Gasteiger partial charge in [-0.05, 0) is 38.1 Å². The smallest absolute Gasteiger partial charge is 0.323 e. The number of hydrogen-bond donors (Lipinski definition) is 2. The maximum absolute atomic E-state index is 12.1. The van der Waals surface area contributed by atoms with Crippen LogP contribution in [-0.2, 0) is 0 Å². The van der Waals surface area contributed by atoms with Gasteiger partial charge in [0.2, 0.25) is 5.88 Å². The van der Waals surface area contributed by atoms with Crippen molar-refractivity contribution in [2.45, 2.75) is 13.8 Å². The van der Waals surface area contributed by atoms with E-state index in [1.54, 1.807) is 31.4 Å². The summed E-state index contributed by atoms with van der Waals surface area (Å²) in [7, 11) is 1.58. The van der Waals surface area contributed by atoms with Crippen molar-refractivity contribution in [1.82, 2.24) is 9.97 Å². The van der Waals surface area contributed by atoms with Crippen LogP contribution in [0, 0.1) is 0 Å². The molecule has 24 heavy (non-hydrogen) atoms. The van der Waals surface area contributed by atoms with E-state index in [9.17, 15) is 4.79 Å². The van der Waals surface area contributed by atoms with Crippen molar-refractivity contribution < 1.29 is 19.0 Å². The van der Waals surface area contributed by atoms with Gasteiger partial charge >= 0.3 is 12.0 Å². The molecule has 128 valence electrons. The molecule has 0 bridgehead atoms. The first kappa shape index (κ1) is 17.3. The van der Waals surface area contributed by atoms with Gasteiger partial charge in [0.15, 0.2) is 0 Å². The minimum atomic E-state index is -0.436. The van der Waals surface area contributed by atoms with E-state index in [-0.39, 0.29) is 11.9 Å². The van der Waals surface area contributed by atoms with Gasteiger partial charge in [-0.2, -0.15) is 4.98 Å². The van der Waals surface area contributed by atoms with Gasteiger partial charge in [-0.3, -0.25) is 0 Å². The van der Waals surface area contributed by atoms with Crippen molar-refractivity contribution in [2.75, 3.05) is 31.0 Å². The van der Waals surface area contributed by atoms with Crippen LogP contribution in [0.2, 0.25) is 0 Å². The second-order valence-corrected chi connectivity index (χ2v) is 4.55. The largest absolute Gasteiger partial charge is 0.497 e. The Morgan fingerprint density at radius 3 is 2.42 bits per heavy atom. The van der Waals surface area contributed by atoms with Crippen LogP contribution in [0.4, 0.5) is 16.2 Å². The topological polar surface area (TPSA) is 94.6 Å². The molecule has 2 N–H and O–H groups in total. The first-order valence-corrected chi connectivity index (χ1v) is 7.51. The van der Waals surface area contributed by atoms with E-state index in [0.717, 1.165) is 0 Å². The monoisotopic (exact) mass is 332 g/mol. The number of carbonyl (C=O) groups excluding carboxylic acids is 1. The molecular weight excluding hydrogens is 312 g/mol. The van der Waals surface area contributed by atoms with Crippen molar-refractivity contribution >= 4 is 17.4 Å². The summed E-state index contributed by atoms with van der Waals surface area (Å²) in [6.45, 7) is 4.50. The van der Waals surface area contributed by atoms with E-state index in [2.05, 4.69) is 20.6 Å². The Labute approximate surface area is 140 Å². The lowest BCUT2D eigenvalue weighted by atomic mass is 10.3. The zero-order valence-corrected chi connectivity index (χ0v) is 13.8. The summed E-state index contributed by atoms with van der Waals surface area (Å²) >= 11 is 0. The normalized spacial score (nSPS) is 9.96. The molecule has 0 saturated heterocycles. The fraction of sp³-hybridized carbons (Fsp3) is 0.312. The van der Waals surface area contributed by atoms with E-state index in [0.29, 0.717) is 30.3 Å². The van der Waals surface area contributed by atoms with Crippen LogP contribution in [-0.4, -0.2) is 36.3 Å². The molecule has 2 amide bonds. The Kier molecular flexibility index (Phi) is 6.18. The number of amides is 2. The van der Waals surface area contributed by atoms with E-state index in [4.69, 9.17) is 14.2 Å². The summed E-state index contributed by atoms with van der Waals surface area (Å²) in [4.78, 5) is 20.2. The van der Waals surface area contributed by atoms with Crippen LogP contribution < -0.4 is 24.8 Å². The highest BCUT2D eigenvalue weighted by Gasteiger charge is 2.12. The molecule has 0 aliphatic carbocycles. The molecule has 0 fully saturated rings. The maximum atomic E-state index is 12.1. The molecule has 0 saturated carbocycles. The highest BCUT2D eigenvalue weighted by atomic mass is 16.5. The van der Waals surface area contributed by atoms with Crippen molar-refractivity contribution in [3.05, 3.63) is 30.5 Å². The molecule has 1 aromatic carbocycles. The number of aromatic nitrogens is 2. The Balaban J connectivity index is 2.06. The second kappa shape index (κ2) is 8.56. The molecule has 0 radical (unpaired) electrons. The lowest BCUT2D eigenvalue weighted by Crippen LogP contribution is -2.20. The third-order valence-corrected chi connectivity index (χ3v) is 2.88. The molecule has 0 unspecified atom stereocenters. The number of carbonyl (C=O) groups is 1. The van der Waals surface area contributed by atoms with Gasteiger partial charge in [-0.25, -0.2) is 9.78 Å². The molecule has 0 atom stereocenters. The highest BCUT2D eigenvalue weighted by molar-refractivity contribution is 6.00. The fourth-order valence-corrected chi connectivity index (χ4v) is 1.84. The average molecular weight is 332 g/mol. The van der Waals surface area contributed by atoms with Crippen LogP contribution in [0.3, 0.4) is 0 Å². The molecule has 8 heteroatoms. The van der Waals surface area contributed by atoms with Gasteiger partial charge in [0.25, 0.3) is 0 Å². The molecule has 1 aromatic heterocycles. The minimum absolute atomic E-state index is 0.196. The molecule has 2 aromatic rings. The number of rotatable bonds is 7. The summed E-state index contributed by atoms with van der Waals surface area (Å²) in [6, 6.07) is 6.73. The predicted octanol–water partition coefficient (Wildman–Crippen LogP) is 2.93. The lowest BCUT2D eigenvalue weighted by molar-refractivity contribution is 0.261. The van der Waals surface area contributed by atoms with Crippen LogP contribution >= 0.6 is 0 Å². The molecule has 0 spiro atoms. The molecule has 1 heterocycles. The molecule has 0 aliphatic rings. The van der Waals surface area contributed by atoms with Gasteiger partial charge < -0.3 is 24.8 Å². The number of ether oxygens (including phenoxy) is 3. The van der Waals surface area contributed by atoms with Crippen LogP contribution in [0.15, 0.2) is 30.5 Å². The maximum Gasteiger partial charge on any atom is 0.323 e.